The molecule has 2 aromatic rings. The number of rotatable bonds is 9. The van der Waals surface area contributed by atoms with Crippen molar-refractivity contribution in [1.29, 1.82) is 0 Å². The number of nitrogens with one attached hydrogen (secondary N) is 2. The number of aromatic nitrogens is 2. The number of nitrogens with zero attached hydrogens (tertiary/aromatic N) is 3. The average molecular weight is 454 g/mol. The molecule has 0 saturated heterocycles. The van der Waals surface area contributed by atoms with E-state index in [9.17, 15) is 4.79 Å². The zero-order chi connectivity index (χ0) is 22.3. The molecule has 172 valence electrons. The lowest BCUT2D eigenvalue weighted by atomic mass is 9.91. The summed E-state index contributed by atoms with van der Waals surface area (Å²) in [5.74, 6) is 3.07. The van der Waals surface area contributed by atoms with Crippen molar-refractivity contribution in [2.45, 2.75) is 69.9 Å². The molecule has 2 aliphatic rings. The largest absolute Gasteiger partial charge is 0.362 e. The Kier molecular flexibility index (Phi) is 7.90. The van der Waals surface area contributed by atoms with Crippen LogP contribution in [-0.4, -0.2) is 47.8 Å². The fourth-order valence-corrected chi connectivity index (χ4v) is 5.58. The van der Waals surface area contributed by atoms with Crippen LogP contribution < -0.4 is 15.5 Å². The van der Waals surface area contributed by atoms with Gasteiger partial charge in [-0.2, -0.15) is 4.98 Å². The van der Waals surface area contributed by atoms with Gasteiger partial charge in [-0.05, 0) is 68.4 Å². The van der Waals surface area contributed by atoms with Crippen molar-refractivity contribution >= 4 is 40.3 Å². The van der Waals surface area contributed by atoms with Gasteiger partial charge < -0.3 is 15.5 Å². The molecule has 0 unspecified atom stereocenters. The van der Waals surface area contributed by atoms with Gasteiger partial charge in [0.1, 0.15) is 5.82 Å². The molecule has 6 nitrogen and oxygen atoms in total. The van der Waals surface area contributed by atoms with Crippen LogP contribution in [0.2, 0.25) is 0 Å². The highest BCUT2D eigenvalue weighted by Gasteiger charge is 2.23. The first-order chi connectivity index (χ1) is 15.6. The van der Waals surface area contributed by atoms with Crippen molar-refractivity contribution in [3.63, 3.8) is 0 Å². The summed E-state index contributed by atoms with van der Waals surface area (Å²) in [6, 6.07) is 8.77. The molecule has 2 heterocycles. The molecule has 1 aliphatic heterocycles. The fraction of sp³-hybridized carbons (Fsp3) is 0.560. The molecule has 0 radical (unpaired) electrons. The van der Waals surface area contributed by atoms with Crippen LogP contribution in [0.1, 0.15) is 57.8 Å². The molecule has 7 heteroatoms. The van der Waals surface area contributed by atoms with E-state index in [-0.39, 0.29) is 5.91 Å². The number of allylic oxidation sites excluding steroid dienone is 2. The summed E-state index contributed by atoms with van der Waals surface area (Å²) >= 11 is 1.98. The molecule has 1 aromatic heterocycles. The van der Waals surface area contributed by atoms with E-state index in [4.69, 9.17) is 9.97 Å². The molecular formula is C25H35N5OS. The van der Waals surface area contributed by atoms with Crippen LogP contribution in [0.4, 0.5) is 11.8 Å². The normalized spacial score (nSPS) is 20.8. The summed E-state index contributed by atoms with van der Waals surface area (Å²) < 4.78 is 0. The van der Waals surface area contributed by atoms with Crippen LogP contribution in [-0.2, 0) is 4.79 Å². The van der Waals surface area contributed by atoms with Crippen LogP contribution in [0, 0.1) is 0 Å². The maximum atomic E-state index is 12.3. The Balaban J connectivity index is 1.21. The van der Waals surface area contributed by atoms with Crippen LogP contribution in [0.15, 0.2) is 35.2 Å². The summed E-state index contributed by atoms with van der Waals surface area (Å²) in [7, 11) is 4.02. The predicted octanol–water partition coefficient (Wildman–Crippen LogP) is 5.12. The van der Waals surface area contributed by atoms with E-state index in [0.29, 0.717) is 24.5 Å². The van der Waals surface area contributed by atoms with Gasteiger partial charge in [0, 0.05) is 43.7 Å². The molecule has 1 saturated carbocycles. The van der Waals surface area contributed by atoms with Crippen molar-refractivity contribution < 1.29 is 4.79 Å². The second-order valence-electron chi connectivity index (χ2n) is 9.06. The molecule has 1 aliphatic carbocycles. The fourth-order valence-electron chi connectivity index (χ4n) is 4.56. The number of amides is 1. The quantitative estimate of drug-likeness (QED) is 0.514. The SMILES string of the molecule is CN(C)c1nc(NC2CCC(NC(=O)CCCCC3=CCCS3)CC2)nc2ccccc12. The summed E-state index contributed by atoms with van der Waals surface area (Å²) in [6.07, 6.45) is 11.5. The first kappa shape index (κ1) is 22.9. The number of carbonyl (C=O) groups is 1. The predicted molar refractivity (Wildman–Crippen MR) is 135 cm³/mol. The van der Waals surface area contributed by atoms with Crippen LogP contribution in [0.5, 0.6) is 0 Å². The highest BCUT2D eigenvalue weighted by Crippen LogP contribution is 2.29. The zero-order valence-corrected chi connectivity index (χ0v) is 20.1. The van der Waals surface area contributed by atoms with Gasteiger partial charge in [0.05, 0.1) is 5.52 Å². The van der Waals surface area contributed by atoms with Crippen LogP contribution >= 0.6 is 11.8 Å². The highest BCUT2D eigenvalue weighted by molar-refractivity contribution is 8.03. The molecule has 0 bridgehead atoms. The number of carbonyl (C=O) groups excluding carboxylic acids is 1. The van der Waals surface area contributed by atoms with Crippen LogP contribution in [0.25, 0.3) is 10.9 Å². The van der Waals surface area contributed by atoms with E-state index in [1.807, 2.05) is 49.0 Å². The van der Waals surface area contributed by atoms with Gasteiger partial charge >= 0.3 is 0 Å². The summed E-state index contributed by atoms with van der Waals surface area (Å²) in [5.41, 5.74) is 0.956. The zero-order valence-electron chi connectivity index (χ0n) is 19.3. The second kappa shape index (κ2) is 11.0. The number of fused-ring (bicyclic) bond motifs is 1. The highest BCUT2D eigenvalue weighted by atomic mass is 32.2. The van der Waals surface area contributed by atoms with Gasteiger partial charge in [-0.25, -0.2) is 4.98 Å². The summed E-state index contributed by atoms with van der Waals surface area (Å²) in [5, 5.41) is 7.86. The molecule has 4 rings (SSSR count). The van der Waals surface area contributed by atoms with E-state index in [1.54, 1.807) is 0 Å². The Bertz CT molecular complexity index is 952. The van der Waals surface area contributed by atoms with Crippen molar-refractivity contribution in [2.24, 2.45) is 0 Å². The minimum atomic E-state index is 0.211. The number of anilines is 2. The van der Waals surface area contributed by atoms with Gasteiger partial charge in [0.25, 0.3) is 0 Å². The monoisotopic (exact) mass is 453 g/mol. The first-order valence-corrected chi connectivity index (χ1v) is 12.9. The standard InChI is InChI=1S/C25H35N5OS/c1-30(2)24-21-10-4-5-11-22(21)28-25(29-24)27-19-15-13-18(14-16-19)26-23(31)12-6-3-8-20-9-7-17-32-20/h4-5,9-11,18-19H,3,6-8,12-17H2,1-2H3,(H,26,31)(H,27,28,29). The molecule has 1 fully saturated rings. The lowest BCUT2D eigenvalue weighted by molar-refractivity contribution is -0.122. The van der Waals surface area contributed by atoms with Gasteiger partial charge in [-0.1, -0.05) is 18.2 Å². The molecule has 0 atom stereocenters. The second-order valence-corrected chi connectivity index (χ2v) is 10.3. The maximum Gasteiger partial charge on any atom is 0.225 e. The topological polar surface area (TPSA) is 70.2 Å². The van der Waals surface area contributed by atoms with Crippen molar-refractivity contribution in [1.82, 2.24) is 15.3 Å². The summed E-state index contributed by atoms with van der Waals surface area (Å²) in [6.45, 7) is 0. The number of unbranched alkanes of at least 4 members (excludes halogenated alkanes) is 1. The Morgan fingerprint density at radius 1 is 1.09 bits per heavy atom. The van der Waals surface area contributed by atoms with E-state index in [2.05, 4.69) is 22.8 Å². The third kappa shape index (κ3) is 6.15. The third-order valence-electron chi connectivity index (χ3n) is 6.29. The lowest BCUT2D eigenvalue weighted by Gasteiger charge is -2.30. The number of thioether (sulfide) groups is 1. The maximum absolute atomic E-state index is 12.3. The Labute approximate surface area is 195 Å². The molecular weight excluding hydrogens is 418 g/mol. The van der Waals surface area contributed by atoms with Gasteiger partial charge in [0.15, 0.2) is 0 Å². The molecule has 32 heavy (non-hydrogen) atoms. The van der Waals surface area contributed by atoms with Gasteiger partial charge in [-0.15, -0.1) is 11.8 Å². The minimum Gasteiger partial charge on any atom is -0.362 e. The molecule has 1 amide bonds. The van der Waals surface area contributed by atoms with E-state index < -0.39 is 0 Å². The molecule has 2 N–H and O–H groups in total. The number of hydrogen-bond donors (Lipinski definition) is 2. The van der Waals surface area contributed by atoms with Crippen LogP contribution in [0.3, 0.4) is 0 Å². The Morgan fingerprint density at radius 2 is 1.88 bits per heavy atom. The number of benzene rings is 1. The van der Waals surface area contributed by atoms with Crippen molar-refractivity contribution in [3.8, 4) is 0 Å². The third-order valence-corrected chi connectivity index (χ3v) is 7.47. The Hall–Kier alpha value is -2.28. The van der Waals surface area contributed by atoms with E-state index in [0.717, 1.165) is 61.7 Å². The van der Waals surface area contributed by atoms with Crippen molar-refractivity contribution in [2.75, 3.05) is 30.1 Å². The van der Waals surface area contributed by atoms with Gasteiger partial charge in [-0.3, -0.25) is 4.79 Å². The molecule has 0 spiro atoms. The number of hydrogen-bond acceptors (Lipinski definition) is 6. The lowest BCUT2D eigenvalue weighted by Crippen LogP contribution is -2.40. The first-order valence-electron chi connectivity index (χ1n) is 11.9. The molecule has 1 aromatic carbocycles. The average Bonchev–Trinajstić information content (AvgIpc) is 3.31. The summed E-state index contributed by atoms with van der Waals surface area (Å²) in [4.78, 5) is 25.4. The number of para-hydroxylation sites is 1. The minimum absolute atomic E-state index is 0.211. The Morgan fingerprint density at radius 3 is 2.62 bits per heavy atom. The van der Waals surface area contributed by atoms with E-state index >= 15 is 0 Å². The van der Waals surface area contributed by atoms with Crippen molar-refractivity contribution in [3.05, 3.63) is 35.2 Å². The van der Waals surface area contributed by atoms with E-state index in [1.165, 1.54) is 17.1 Å². The van der Waals surface area contributed by atoms with Gasteiger partial charge in [0.2, 0.25) is 11.9 Å². The smallest absolute Gasteiger partial charge is 0.225 e.